The van der Waals surface area contributed by atoms with E-state index in [1.54, 1.807) is 41.7 Å². The first-order valence-corrected chi connectivity index (χ1v) is 11.4. The fraction of sp³-hybridized carbons (Fsp3) is 0.0400. The molecule has 158 valence electrons. The van der Waals surface area contributed by atoms with E-state index in [-0.39, 0.29) is 11.7 Å². The van der Waals surface area contributed by atoms with Crippen LogP contribution < -0.4 is 5.32 Å². The fourth-order valence-electron chi connectivity index (χ4n) is 3.32. The number of nitrogens with one attached hydrogen (secondary N) is 1. The van der Waals surface area contributed by atoms with Crippen LogP contribution >= 0.6 is 34.5 Å². The van der Waals surface area contributed by atoms with Crippen LogP contribution in [0.5, 0.6) is 0 Å². The van der Waals surface area contributed by atoms with Gasteiger partial charge in [-0.25, -0.2) is 4.98 Å². The molecule has 0 bridgehead atoms. The second kappa shape index (κ2) is 8.79. The number of carbonyl (C=O) groups excluding carboxylic acids is 1. The lowest BCUT2D eigenvalue weighted by Crippen LogP contribution is -2.22. The summed E-state index contributed by atoms with van der Waals surface area (Å²) < 4.78 is 6.86. The quantitative estimate of drug-likeness (QED) is 0.285. The van der Waals surface area contributed by atoms with Crippen LogP contribution in [0.15, 0.2) is 83.3 Å². The number of benzene rings is 3. The molecule has 0 saturated carbocycles. The van der Waals surface area contributed by atoms with Crippen molar-refractivity contribution in [2.45, 2.75) is 6.54 Å². The predicted octanol–water partition coefficient (Wildman–Crippen LogP) is 7.46. The first kappa shape index (κ1) is 20.8. The number of furan rings is 1. The lowest BCUT2D eigenvalue weighted by molar-refractivity contribution is 0.0924. The highest BCUT2D eigenvalue weighted by atomic mass is 35.5. The van der Waals surface area contributed by atoms with Crippen molar-refractivity contribution in [1.82, 2.24) is 10.3 Å². The van der Waals surface area contributed by atoms with Crippen molar-refractivity contribution in [3.8, 4) is 21.9 Å². The third-order valence-corrected chi connectivity index (χ3v) is 6.61. The molecule has 5 aromatic rings. The van der Waals surface area contributed by atoms with E-state index in [4.69, 9.17) is 27.6 Å². The van der Waals surface area contributed by atoms with Gasteiger partial charge >= 0.3 is 0 Å². The molecule has 3 aromatic carbocycles. The van der Waals surface area contributed by atoms with Crippen molar-refractivity contribution in [1.29, 1.82) is 0 Å². The third-order valence-electron chi connectivity index (χ3n) is 4.97. The largest absolute Gasteiger partial charge is 0.451 e. The summed E-state index contributed by atoms with van der Waals surface area (Å²) in [6.45, 7) is 0.386. The standard InChI is InChI=1S/C25H16Cl2N2O2S/c26-17-9-10-18(19(27)13-17)21-11-12-22(31-21)24(30)28-14-15-5-7-16(8-6-15)25-29-20-3-1-2-4-23(20)32-25/h1-13H,14H2,(H,28,30). The van der Waals surface area contributed by atoms with Gasteiger partial charge in [-0.2, -0.15) is 0 Å². The highest BCUT2D eigenvalue weighted by Gasteiger charge is 2.14. The number of para-hydroxylation sites is 1. The molecule has 0 saturated heterocycles. The molecule has 5 rings (SSSR count). The number of fused-ring (bicyclic) bond motifs is 1. The second-order valence-corrected chi connectivity index (χ2v) is 9.03. The molecule has 0 aliphatic rings. The van der Waals surface area contributed by atoms with Gasteiger partial charge < -0.3 is 9.73 Å². The van der Waals surface area contributed by atoms with Crippen LogP contribution in [0.4, 0.5) is 0 Å². The Morgan fingerprint density at radius 2 is 1.78 bits per heavy atom. The molecular formula is C25H16Cl2N2O2S. The minimum Gasteiger partial charge on any atom is -0.451 e. The first-order valence-electron chi connectivity index (χ1n) is 9.85. The van der Waals surface area contributed by atoms with Gasteiger partial charge in [0, 0.05) is 22.7 Å². The third kappa shape index (κ3) is 4.28. The summed E-state index contributed by atoms with van der Waals surface area (Å²) in [7, 11) is 0. The Morgan fingerprint density at radius 1 is 0.969 bits per heavy atom. The molecule has 1 amide bonds. The van der Waals surface area contributed by atoms with Gasteiger partial charge in [-0.05, 0) is 48.0 Å². The van der Waals surface area contributed by atoms with Gasteiger partial charge in [0.15, 0.2) is 5.76 Å². The normalized spacial score (nSPS) is 11.1. The number of rotatable bonds is 5. The predicted molar refractivity (Wildman–Crippen MR) is 130 cm³/mol. The number of hydrogen-bond donors (Lipinski definition) is 1. The molecule has 0 spiro atoms. The van der Waals surface area contributed by atoms with Gasteiger partial charge in [0.1, 0.15) is 10.8 Å². The minimum absolute atomic E-state index is 0.220. The minimum atomic E-state index is -0.295. The Labute approximate surface area is 198 Å². The van der Waals surface area contributed by atoms with Crippen LogP contribution in [-0.2, 0) is 6.54 Å². The Kier molecular flexibility index (Phi) is 5.70. The molecule has 0 radical (unpaired) electrons. The van der Waals surface area contributed by atoms with Gasteiger partial charge in [0.2, 0.25) is 0 Å². The number of thiazole rings is 1. The van der Waals surface area contributed by atoms with Gasteiger partial charge in [0.25, 0.3) is 5.91 Å². The molecule has 0 aliphatic carbocycles. The van der Waals surface area contributed by atoms with Crippen molar-refractivity contribution in [3.05, 3.63) is 100 Å². The van der Waals surface area contributed by atoms with Crippen molar-refractivity contribution >= 4 is 50.7 Å². The van der Waals surface area contributed by atoms with Crippen LogP contribution in [-0.4, -0.2) is 10.9 Å². The number of aromatic nitrogens is 1. The van der Waals surface area contributed by atoms with Crippen LogP contribution in [0.1, 0.15) is 16.1 Å². The maximum atomic E-state index is 12.5. The maximum Gasteiger partial charge on any atom is 0.287 e. The van der Waals surface area contributed by atoms with E-state index < -0.39 is 0 Å². The zero-order valence-corrected chi connectivity index (χ0v) is 19.0. The van der Waals surface area contributed by atoms with Crippen molar-refractivity contribution < 1.29 is 9.21 Å². The van der Waals surface area contributed by atoms with Crippen LogP contribution in [0, 0.1) is 0 Å². The number of carbonyl (C=O) groups is 1. The Bertz CT molecular complexity index is 1390. The topological polar surface area (TPSA) is 55.1 Å². The lowest BCUT2D eigenvalue weighted by atomic mass is 10.1. The SMILES string of the molecule is O=C(NCc1ccc(-c2nc3ccccc3s2)cc1)c1ccc(-c2ccc(Cl)cc2Cl)o1. The van der Waals surface area contributed by atoms with E-state index in [9.17, 15) is 4.79 Å². The molecule has 4 nitrogen and oxygen atoms in total. The number of amides is 1. The number of hydrogen-bond acceptors (Lipinski definition) is 4. The summed E-state index contributed by atoms with van der Waals surface area (Å²) in [4.78, 5) is 17.2. The molecule has 0 fully saturated rings. The molecule has 0 unspecified atom stereocenters. The summed E-state index contributed by atoms with van der Waals surface area (Å²) in [5.41, 5.74) is 3.72. The molecule has 7 heteroatoms. The molecule has 2 heterocycles. The van der Waals surface area contributed by atoms with Crippen molar-refractivity contribution in [2.24, 2.45) is 0 Å². The number of halogens is 2. The van der Waals surface area contributed by atoms with Crippen LogP contribution in [0.2, 0.25) is 10.0 Å². The fourth-order valence-corrected chi connectivity index (χ4v) is 4.80. The average Bonchev–Trinajstić information content (AvgIpc) is 3.45. The van der Waals surface area contributed by atoms with Crippen molar-refractivity contribution in [3.63, 3.8) is 0 Å². The monoisotopic (exact) mass is 478 g/mol. The highest BCUT2D eigenvalue weighted by molar-refractivity contribution is 7.21. The van der Waals surface area contributed by atoms with Crippen LogP contribution in [0.3, 0.4) is 0 Å². The molecule has 32 heavy (non-hydrogen) atoms. The van der Waals surface area contributed by atoms with E-state index in [1.165, 1.54) is 0 Å². The maximum absolute atomic E-state index is 12.5. The Hall–Kier alpha value is -3.12. The van der Waals surface area contributed by atoms with E-state index in [0.717, 1.165) is 26.4 Å². The van der Waals surface area contributed by atoms with Gasteiger partial charge in [-0.15, -0.1) is 11.3 Å². The van der Waals surface area contributed by atoms with E-state index in [2.05, 4.69) is 16.4 Å². The average molecular weight is 479 g/mol. The summed E-state index contributed by atoms with van der Waals surface area (Å²) in [5, 5.41) is 4.87. The molecule has 0 atom stereocenters. The Balaban J connectivity index is 1.25. The second-order valence-electron chi connectivity index (χ2n) is 7.15. The van der Waals surface area contributed by atoms with E-state index in [0.29, 0.717) is 27.9 Å². The molecule has 0 aliphatic heterocycles. The molecule has 1 N–H and O–H groups in total. The van der Waals surface area contributed by atoms with Gasteiger partial charge in [-0.1, -0.05) is 59.6 Å². The van der Waals surface area contributed by atoms with Gasteiger partial charge in [0.05, 0.1) is 15.2 Å². The molecule has 2 aromatic heterocycles. The van der Waals surface area contributed by atoms with E-state index >= 15 is 0 Å². The zero-order valence-electron chi connectivity index (χ0n) is 16.6. The Morgan fingerprint density at radius 3 is 2.56 bits per heavy atom. The van der Waals surface area contributed by atoms with Gasteiger partial charge in [-0.3, -0.25) is 4.79 Å². The zero-order chi connectivity index (χ0) is 22.1. The summed E-state index contributed by atoms with van der Waals surface area (Å²) >= 11 is 13.8. The van der Waals surface area contributed by atoms with Crippen molar-refractivity contribution in [2.75, 3.05) is 0 Å². The lowest BCUT2D eigenvalue weighted by Gasteiger charge is -2.05. The van der Waals surface area contributed by atoms with E-state index in [1.807, 2.05) is 42.5 Å². The molecular weight excluding hydrogens is 463 g/mol. The smallest absolute Gasteiger partial charge is 0.287 e. The number of nitrogens with zero attached hydrogens (tertiary/aromatic N) is 1. The first-order chi connectivity index (χ1) is 15.6. The highest BCUT2D eigenvalue weighted by Crippen LogP contribution is 2.32. The summed E-state index contributed by atoms with van der Waals surface area (Å²) in [5.74, 6) is 0.436. The summed E-state index contributed by atoms with van der Waals surface area (Å²) in [6, 6.07) is 24.6. The van der Waals surface area contributed by atoms with Crippen LogP contribution in [0.25, 0.3) is 32.1 Å². The summed E-state index contributed by atoms with van der Waals surface area (Å²) in [6.07, 6.45) is 0.